The van der Waals surface area contributed by atoms with Gasteiger partial charge in [-0.15, -0.1) is 0 Å². The van der Waals surface area contributed by atoms with Gasteiger partial charge in [-0.25, -0.2) is 9.59 Å². The fourth-order valence-electron chi connectivity index (χ4n) is 2.87. The summed E-state index contributed by atoms with van der Waals surface area (Å²) >= 11 is 0. The van der Waals surface area contributed by atoms with Crippen molar-refractivity contribution in [2.45, 2.75) is 32.6 Å². The van der Waals surface area contributed by atoms with Crippen LogP contribution in [0.5, 0.6) is 11.5 Å². The maximum absolute atomic E-state index is 11.5. The van der Waals surface area contributed by atoms with Crippen molar-refractivity contribution in [3.05, 3.63) is 58.7 Å². The van der Waals surface area contributed by atoms with Crippen LogP contribution in [0.25, 0.3) is 0 Å². The van der Waals surface area contributed by atoms with Crippen molar-refractivity contribution in [1.29, 1.82) is 0 Å². The first-order valence-electron chi connectivity index (χ1n) is 9.78. The lowest BCUT2D eigenvalue weighted by atomic mass is 9.85. The van der Waals surface area contributed by atoms with E-state index in [4.69, 9.17) is 9.47 Å². The minimum absolute atomic E-state index is 0.0742. The zero-order valence-corrected chi connectivity index (χ0v) is 18.5. The SMILES string of the molecule is COC(=O)COc1ccc(Cc2cc(C(C)(C)C)ccc2OCC(=O)OC)cc1C=O. The number of hydrogen-bond acceptors (Lipinski definition) is 7. The summed E-state index contributed by atoms with van der Waals surface area (Å²) in [6, 6.07) is 11.0. The minimum atomic E-state index is -0.535. The van der Waals surface area contributed by atoms with E-state index in [2.05, 4.69) is 30.2 Å². The van der Waals surface area contributed by atoms with E-state index >= 15 is 0 Å². The first kappa shape index (κ1) is 23.9. The monoisotopic (exact) mass is 428 g/mol. The van der Waals surface area contributed by atoms with Crippen molar-refractivity contribution < 1.29 is 33.3 Å². The third-order valence-electron chi connectivity index (χ3n) is 4.67. The van der Waals surface area contributed by atoms with Gasteiger partial charge < -0.3 is 18.9 Å². The van der Waals surface area contributed by atoms with E-state index in [-0.39, 0.29) is 18.6 Å². The zero-order chi connectivity index (χ0) is 23.0. The maximum atomic E-state index is 11.5. The van der Waals surface area contributed by atoms with Gasteiger partial charge in [0.05, 0.1) is 19.8 Å². The average molecular weight is 428 g/mol. The van der Waals surface area contributed by atoms with Gasteiger partial charge in [0.15, 0.2) is 19.5 Å². The van der Waals surface area contributed by atoms with Gasteiger partial charge in [-0.1, -0.05) is 39.0 Å². The Morgan fingerprint density at radius 2 is 1.45 bits per heavy atom. The summed E-state index contributed by atoms with van der Waals surface area (Å²) in [6.07, 6.45) is 1.15. The first-order valence-corrected chi connectivity index (χ1v) is 9.78. The molecule has 0 N–H and O–H groups in total. The molecule has 0 fully saturated rings. The molecule has 0 amide bonds. The van der Waals surface area contributed by atoms with E-state index < -0.39 is 11.9 Å². The fourth-order valence-corrected chi connectivity index (χ4v) is 2.87. The van der Waals surface area contributed by atoms with Crippen molar-refractivity contribution in [3.63, 3.8) is 0 Å². The molecule has 0 spiro atoms. The number of carbonyl (C=O) groups is 3. The van der Waals surface area contributed by atoms with Gasteiger partial charge in [-0.2, -0.15) is 0 Å². The number of ether oxygens (including phenoxy) is 4. The third kappa shape index (κ3) is 6.84. The number of methoxy groups -OCH3 is 2. The summed E-state index contributed by atoms with van der Waals surface area (Å²) in [5.41, 5.74) is 3.08. The summed E-state index contributed by atoms with van der Waals surface area (Å²) in [5, 5.41) is 0. The molecule has 0 radical (unpaired) electrons. The molecule has 7 nitrogen and oxygen atoms in total. The van der Waals surface area contributed by atoms with Crippen molar-refractivity contribution in [1.82, 2.24) is 0 Å². The summed E-state index contributed by atoms with van der Waals surface area (Å²) in [7, 11) is 2.57. The van der Waals surface area contributed by atoms with Crippen molar-refractivity contribution >= 4 is 18.2 Å². The molecule has 0 aliphatic heterocycles. The van der Waals surface area contributed by atoms with Gasteiger partial charge in [-0.05, 0) is 40.3 Å². The van der Waals surface area contributed by atoms with Crippen molar-refractivity contribution in [2.24, 2.45) is 0 Å². The molecule has 0 aliphatic carbocycles. The molecule has 2 rings (SSSR count). The number of benzene rings is 2. The second kappa shape index (κ2) is 10.6. The topological polar surface area (TPSA) is 88.1 Å². The lowest BCUT2D eigenvalue weighted by Gasteiger charge is -2.21. The van der Waals surface area contributed by atoms with E-state index in [9.17, 15) is 14.4 Å². The molecule has 31 heavy (non-hydrogen) atoms. The minimum Gasteiger partial charge on any atom is -0.482 e. The molecule has 0 bridgehead atoms. The van der Waals surface area contributed by atoms with Crippen LogP contribution in [-0.2, 0) is 30.9 Å². The summed E-state index contributed by atoms with van der Waals surface area (Å²) in [4.78, 5) is 34.3. The summed E-state index contributed by atoms with van der Waals surface area (Å²) < 4.78 is 20.2. The van der Waals surface area contributed by atoms with Crippen LogP contribution in [0, 0.1) is 0 Å². The van der Waals surface area contributed by atoms with E-state index in [1.54, 1.807) is 12.1 Å². The van der Waals surface area contributed by atoms with Crippen LogP contribution >= 0.6 is 0 Å². The Balaban J connectivity index is 2.32. The van der Waals surface area contributed by atoms with Crippen molar-refractivity contribution in [3.8, 4) is 11.5 Å². The predicted octanol–water partition coefficient (Wildman–Crippen LogP) is 3.49. The second-order valence-electron chi connectivity index (χ2n) is 7.97. The number of carbonyl (C=O) groups excluding carboxylic acids is 3. The van der Waals surface area contributed by atoms with Crippen LogP contribution in [-0.4, -0.2) is 45.7 Å². The Labute approximate surface area is 182 Å². The normalized spacial score (nSPS) is 10.9. The Hall–Kier alpha value is -3.35. The van der Waals surface area contributed by atoms with Crippen LogP contribution in [0.15, 0.2) is 36.4 Å². The van der Waals surface area contributed by atoms with Gasteiger partial charge in [0.1, 0.15) is 11.5 Å². The maximum Gasteiger partial charge on any atom is 0.343 e. The van der Waals surface area contributed by atoms with E-state index in [1.165, 1.54) is 14.2 Å². The number of hydrogen-bond donors (Lipinski definition) is 0. The molecular formula is C24H28O7. The predicted molar refractivity (Wildman–Crippen MR) is 115 cm³/mol. The highest BCUT2D eigenvalue weighted by atomic mass is 16.6. The van der Waals surface area contributed by atoms with Crippen molar-refractivity contribution in [2.75, 3.05) is 27.4 Å². The van der Waals surface area contributed by atoms with Crippen LogP contribution in [0.3, 0.4) is 0 Å². The Morgan fingerprint density at radius 3 is 2.00 bits per heavy atom. The molecule has 0 aliphatic rings. The van der Waals surface area contributed by atoms with E-state index in [1.807, 2.05) is 24.3 Å². The zero-order valence-electron chi connectivity index (χ0n) is 18.5. The Bertz CT molecular complexity index is 941. The summed E-state index contributed by atoms with van der Waals surface area (Å²) in [5.74, 6) is -0.139. The lowest BCUT2D eigenvalue weighted by Crippen LogP contribution is -2.15. The Morgan fingerprint density at radius 1 is 0.871 bits per heavy atom. The van der Waals surface area contributed by atoms with E-state index in [0.717, 1.165) is 16.7 Å². The summed E-state index contributed by atoms with van der Waals surface area (Å²) in [6.45, 7) is 5.85. The molecule has 0 heterocycles. The van der Waals surface area contributed by atoms with Crippen LogP contribution < -0.4 is 9.47 Å². The molecule has 166 valence electrons. The van der Waals surface area contributed by atoms with Gasteiger partial charge in [0.25, 0.3) is 0 Å². The average Bonchev–Trinajstić information content (AvgIpc) is 2.75. The highest BCUT2D eigenvalue weighted by Gasteiger charge is 2.17. The largest absolute Gasteiger partial charge is 0.482 e. The number of esters is 2. The van der Waals surface area contributed by atoms with Gasteiger partial charge in [0, 0.05) is 6.42 Å². The molecule has 2 aromatic carbocycles. The Kier molecular flexibility index (Phi) is 8.19. The number of aldehydes is 1. The van der Waals surface area contributed by atoms with Gasteiger partial charge in [-0.3, -0.25) is 4.79 Å². The van der Waals surface area contributed by atoms with Crippen LogP contribution in [0.1, 0.15) is 47.8 Å². The highest BCUT2D eigenvalue weighted by Crippen LogP contribution is 2.30. The highest BCUT2D eigenvalue weighted by molar-refractivity contribution is 5.80. The van der Waals surface area contributed by atoms with E-state index in [0.29, 0.717) is 29.8 Å². The quantitative estimate of drug-likeness (QED) is 0.446. The molecular weight excluding hydrogens is 400 g/mol. The molecule has 0 saturated carbocycles. The second-order valence-corrected chi connectivity index (χ2v) is 7.97. The molecule has 7 heteroatoms. The van der Waals surface area contributed by atoms with Crippen LogP contribution in [0.2, 0.25) is 0 Å². The first-order chi connectivity index (χ1) is 14.7. The van der Waals surface area contributed by atoms with Gasteiger partial charge >= 0.3 is 11.9 Å². The molecule has 0 atom stereocenters. The van der Waals surface area contributed by atoms with Gasteiger partial charge in [0.2, 0.25) is 0 Å². The molecule has 0 unspecified atom stereocenters. The lowest BCUT2D eigenvalue weighted by molar-refractivity contribution is -0.143. The molecule has 0 saturated heterocycles. The smallest absolute Gasteiger partial charge is 0.343 e. The third-order valence-corrected chi connectivity index (χ3v) is 4.67. The van der Waals surface area contributed by atoms with Crippen LogP contribution in [0.4, 0.5) is 0 Å². The molecule has 2 aromatic rings. The standard InChI is InChI=1S/C24H28O7/c1-24(2,3)19-7-9-20(30-14-22(26)28-4)17(12-19)10-16-6-8-21(18(11-16)13-25)31-15-23(27)29-5/h6-9,11-13H,10,14-15H2,1-5H3. The molecule has 0 aromatic heterocycles. The number of rotatable bonds is 9. The fraction of sp³-hybridized carbons (Fsp3) is 0.375.